The molecule has 1 aliphatic heterocycles. The van der Waals surface area contributed by atoms with E-state index in [1.54, 1.807) is 27.9 Å². The second-order valence-corrected chi connectivity index (χ2v) is 8.00. The predicted octanol–water partition coefficient (Wildman–Crippen LogP) is 3.61. The molecule has 1 fully saturated rings. The molecule has 4 heterocycles. The van der Waals surface area contributed by atoms with E-state index in [0.29, 0.717) is 43.1 Å². The molecule has 9 nitrogen and oxygen atoms in total. The first-order valence-corrected chi connectivity index (χ1v) is 10.8. The summed E-state index contributed by atoms with van der Waals surface area (Å²) >= 11 is 0. The normalized spacial score (nSPS) is 14.4. The molecule has 0 unspecified atom stereocenters. The number of piperazine rings is 1. The fourth-order valence-corrected chi connectivity index (χ4v) is 3.92. The molecular formula is C23H20F3N7O2. The Balaban J connectivity index is 1.23. The standard InChI is InChI=1S/C23H20F3N7O2/c1-15-18(14-28-33(15)17-5-3-2-4-6-17)21(34)32-11-9-31(10-12-32)19-8-7-16(13-27-19)20-29-22(35-30-20)23(24,25)26/h2-8,13-14H,9-12H2,1H3. The lowest BCUT2D eigenvalue weighted by Gasteiger charge is -2.35. The molecule has 1 aliphatic rings. The number of alkyl halides is 3. The van der Waals surface area contributed by atoms with Crippen molar-refractivity contribution in [2.24, 2.45) is 0 Å². The van der Waals surface area contributed by atoms with Gasteiger partial charge in [0.25, 0.3) is 5.91 Å². The van der Waals surface area contributed by atoms with Gasteiger partial charge in [-0.2, -0.15) is 23.3 Å². The lowest BCUT2D eigenvalue weighted by Crippen LogP contribution is -2.49. The smallest absolute Gasteiger partial charge is 0.353 e. The van der Waals surface area contributed by atoms with E-state index in [-0.39, 0.29) is 11.7 Å². The molecule has 0 N–H and O–H groups in total. The minimum Gasteiger partial charge on any atom is -0.353 e. The van der Waals surface area contributed by atoms with E-state index in [9.17, 15) is 18.0 Å². The van der Waals surface area contributed by atoms with Crippen molar-refractivity contribution in [3.63, 3.8) is 0 Å². The van der Waals surface area contributed by atoms with Crippen LogP contribution in [0.25, 0.3) is 17.1 Å². The maximum atomic E-state index is 13.1. The lowest BCUT2D eigenvalue weighted by atomic mass is 10.2. The predicted molar refractivity (Wildman–Crippen MR) is 119 cm³/mol. The number of carbonyl (C=O) groups excluding carboxylic acids is 1. The Kier molecular flexibility index (Phi) is 5.71. The number of carbonyl (C=O) groups is 1. The summed E-state index contributed by atoms with van der Waals surface area (Å²) in [6.07, 6.45) is -1.70. The maximum absolute atomic E-state index is 13.1. The molecule has 1 saturated heterocycles. The SMILES string of the molecule is Cc1c(C(=O)N2CCN(c3ccc(-c4noc(C(F)(F)F)n4)cn3)CC2)cnn1-c1ccccc1. The molecule has 12 heteroatoms. The van der Waals surface area contributed by atoms with Crippen LogP contribution < -0.4 is 4.90 Å². The quantitative estimate of drug-likeness (QED) is 0.438. The molecule has 0 bridgehead atoms. The molecular weight excluding hydrogens is 463 g/mol. The van der Waals surface area contributed by atoms with Crippen LogP contribution in [0.1, 0.15) is 21.9 Å². The third kappa shape index (κ3) is 4.46. The largest absolute Gasteiger partial charge is 0.471 e. The van der Waals surface area contributed by atoms with Gasteiger partial charge >= 0.3 is 12.1 Å². The first kappa shape index (κ1) is 22.6. The number of pyridine rings is 1. The number of halogens is 3. The van der Waals surface area contributed by atoms with Crippen LogP contribution in [0.4, 0.5) is 19.0 Å². The van der Waals surface area contributed by atoms with E-state index >= 15 is 0 Å². The highest BCUT2D eigenvalue weighted by molar-refractivity contribution is 5.95. The summed E-state index contributed by atoms with van der Waals surface area (Å²) in [5.41, 5.74) is 2.53. The highest BCUT2D eigenvalue weighted by Gasteiger charge is 2.38. The zero-order valence-electron chi connectivity index (χ0n) is 18.6. The van der Waals surface area contributed by atoms with E-state index in [2.05, 4.69) is 24.7 Å². The van der Waals surface area contributed by atoms with Gasteiger partial charge in [0.1, 0.15) is 5.82 Å². The van der Waals surface area contributed by atoms with Gasteiger partial charge in [0.05, 0.1) is 23.1 Å². The van der Waals surface area contributed by atoms with Crippen LogP contribution in [-0.4, -0.2) is 61.9 Å². The molecule has 3 aromatic heterocycles. The Morgan fingerprint density at radius 3 is 2.37 bits per heavy atom. The van der Waals surface area contributed by atoms with Crippen molar-refractivity contribution in [2.45, 2.75) is 13.1 Å². The molecule has 0 spiro atoms. The summed E-state index contributed by atoms with van der Waals surface area (Å²) in [6.45, 7) is 3.99. The minimum atomic E-state index is -4.70. The second kappa shape index (κ2) is 8.85. The number of anilines is 1. The fourth-order valence-electron chi connectivity index (χ4n) is 3.92. The molecule has 0 radical (unpaired) electrons. The average Bonchev–Trinajstić information content (AvgIpc) is 3.52. The third-order valence-electron chi connectivity index (χ3n) is 5.81. The number of para-hydroxylation sites is 1. The van der Waals surface area contributed by atoms with Crippen molar-refractivity contribution in [3.8, 4) is 17.1 Å². The van der Waals surface area contributed by atoms with Gasteiger partial charge in [0.2, 0.25) is 5.82 Å². The van der Waals surface area contributed by atoms with E-state index in [4.69, 9.17) is 0 Å². The van der Waals surface area contributed by atoms with Crippen LogP contribution in [0, 0.1) is 6.92 Å². The van der Waals surface area contributed by atoms with Gasteiger partial charge in [-0.15, -0.1) is 0 Å². The van der Waals surface area contributed by atoms with E-state index in [1.807, 2.05) is 42.2 Å². The Morgan fingerprint density at radius 1 is 1.00 bits per heavy atom. The molecule has 5 rings (SSSR count). The van der Waals surface area contributed by atoms with Gasteiger partial charge in [-0.25, -0.2) is 9.67 Å². The van der Waals surface area contributed by atoms with Crippen LogP contribution in [-0.2, 0) is 6.18 Å². The summed E-state index contributed by atoms with van der Waals surface area (Å²) in [6, 6.07) is 12.9. The van der Waals surface area contributed by atoms with Crippen molar-refractivity contribution in [1.29, 1.82) is 0 Å². The van der Waals surface area contributed by atoms with Gasteiger partial charge in [0.15, 0.2) is 0 Å². The number of hydrogen-bond donors (Lipinski definition) is 0. The number of aromatic nitrogens is 5. The topological polar surface area (TPSA) is 93.2 Å². The molecule has 4 aromatic rings. The molecule has 1 aromatic carbocycles. The van der Waals surface area contributed by atoms with Crippen LogP contribution in [0.5, 0.6) is 0 Å². The van der Waals surface area contributed by atoms with Gasteiger partial charge in [-0.3, -0.25) is 4.79 Å². The molecule has 35 heavy (non-hydrogen) atoms. The maximum Gasteiger partial charge on any atom is 0.471 e. The van der Waals surface area contributed by atoms with Gasteiger partial charge < -0.3 is 14.3 Å². The molecule has 1 amide bonds. The van der Waals surface area contributed by atoms with Crippen molar-refractivity contribution in [1.82, 2.24) is 29.8 Å². The highest BCUT2D eigenvalue weighted by Crippen LogP contribution is 2.29. The highest BCUT2D eigenvalue weighted by atomic mass is 19.4. The van der Waals surface area contributed by atoms with Crippen molar-refractivity contribution < 1.29 is 22.5 Å². The zero-order valence-corrected chi connectivity index (χ0v) is 18.6. The van der Waals surface area contributed by atoms with Gasteiger partial charge in [-0.05, 0) is 31.2 Å². The number of hydrogen-bond acceptors (Lipinski definition) is 7. The Morgan fingerprint density at radius 2 is 1.74 bits per heavy atom. The number of rotatable bonds is 4. The van der Waals surface area contributed by atoms with E-state index in [0.717, 1.165) is 11.4 Å². The van der Waals surface area contributed by atoms with Crippen molar-refractivity contribution in [3.05, 3.63) is 72.0 Å². The Hall–Kier alpha value is -4.22. The summed E-state index contributed by atoms with van der Waals surface area (Å²) < 4.78 is 44.0. The first-order valence-electron chi connectivity index (χ1n) is 10.8. The molecule has 180 valence electrons. The molecule has 0 aliphatic carbocycles. The number of nitrogens with zero attached hydrogens (tertiary/aromatic N) is 7. The van der Waals surface area contributed by atoms with Gasteiger partial charge in [-0.1, -0.05) is 23.4 Å². The molecule has 0 saturated carbocycles. The van der Waals surface area contributed by atoms with E-state index in [1.165, 1.54) is 6.20 Å². The van der Waals surface area contributed by atoms with Crippen LogP contribution in [0.2, 0.25) is 0 Å². The van der Waals surface area contributed by atoms with Crippen LogP contribution >= 0.6 is 0 Å². The Bertz CT molecular complexity index is 1330. The van der Waals surface area contributed by atoms with Crippen molar-refractivity contribution >= 4 is 11.7 Å². The minimum absolute atomic E-state index is 0.0785. The average molecular weight is 483 g/mol. The van der Waals surface area contributed by atoms with Crippen LogP contribution in [0.15, 0.2) is 59.4 Å². The molecule has 0 atom stereocenters. The summed E-state index contributed by atoms with van der Waals surface area (Å²) in [5.74, 6) is -1.01. The third-order valence-corrected chi connectivity index (χ3v) is 5.81. The van der Waals surface area contributed by atoms with Crippen LogP contribution in [0.3, 0.4) is 0 Å². The second-order valence-electron chi connectivity index (χ2n) is 8.00. The van der Waals surface area contributed by atoms with Gasteiger partial charge in [0, 0.05) is 37.9 Å². The van der Waals surface area contributed by atoms with Crippen molar-refractivity contribution in [2.75, 3.05) is 31.1 Å². The van der Waals surface area contributed by atoms with E-state index < -0.39 is 12.1 Å². The monoisotopic (exact) mass is 483 g/mol. The Labute approximate surface area is 197 Å². The summed E-state index contributed by atoms with van der Waals surface area (Å²) in [5, 5.41) is 7.75. The fraction of sp³-hybridized carbons (Fsp3) is 0.261. The lowest BCUT2D eigenvalue weighted by molar-refractivity contribution is -0.159. The number of benzene rings is 1. The zero-order chi connectivity index (χ0) is 24.6. The summed E-state index contributed by atoms with van der Waals surface area (Å²) in [4.78, 5) is 24.6. The summed E-state index contributed by atoms with van der Waals surface area (Å²) in [7, 11) is 0. The first-order chi connectivity index (χ1) is 16.8. The number of amides is 1.